The lowest BCUT2D eigenvalue weighted by Gasteiger charge is -2.42. The molecule has 0 saturated carbocycles. The van der Waals surface area contributed by atoms with Gasteiger partial charge in [0.15, 0.2) is 0 Å². The fourth-order valence-corrected chi connectivity index (χ4v) is 2.34. The zero-order valence-corrected chi connectivity index (χ0v) is 10.6. The van der Waals surface area contributed by atoms with E-state index in [1.165, 1.54) is 0 Å². The molecule has 1 fully saturated rings. The van der Waals surface area contributed by atoms with Gasteiger partial charge in [0, 0.05) is 13.0 Å². The average Bonchev–Trinajstić information content (AvgIpc) is 2.26. The number of hydrogen-bond donors (Lipinski definition) is 1. The molecule has 1 aliphatic heterocycles. The van der Waals surface area contributed by atoms with Gasteiger partial charge in [0.25, 0.3) is 0 Å². The number of halogens is 3. The molecular weight excluding hydrogens is 231 g/mol. The average molecular weight is 253 g/mol. The van der Waals surface area contributed by atoms with Crippen molar-refractivity contribution in [3.63, 3.8) is 0 Å². The molecule has 0 aromatic carbocycles. The van der Waals surface area contributed by atoms with Gasteiger partial charge in [-0.15, -0.1) is 0 Å². The minimum atomic E-state index is -4.20. The third-order valence-electron chi connectivity index (χ3n) is 3.33. The van der Waals surface area contributed by atoms with Crippen LogP contribution >= 0.6 is 0 Å². The van der Waals surface area contributed by atoms with Crippen molar-refractivity contribution in [3.8, 4) is 0 Å². The lowest BCUT2D eigenvalue weighted by molar-refractivity contribution is -0.225. The molecule has 0 spiro atoms. The number of rotatable bonds is 5. The van der Waals surface area contributed by atoms with Crippen molar-refractivity contribution in [2.45, 2.75) is 63.8 Å². The molecule has 1 rings (SSSR count). The normalized spacial score (nSPS) is 30.5. The van der Waals surface area contributed by atoms with Gasteiger partial charge < -0.3 is 10.1 Å². The van der Waals surface area contributed by atoms with Crippen LogP contribution in [0, 0.1) is 0 Å². The van der Waals surface area contributed by atoms with Gasteiger partial charge in [-0.2, -0.15) is 13.2 Å². The quantitative estimate of drug-likeness (QED) is 0.812. The van der Waals surface area contributed by atoms with Crippen LogP contribution in [0.4, 0.5) is 13.2 Å². The topological polar surface area (TPSA) is 21.3 Å². The van der Waals surface area contributed by atoms with Crippen LogP contribution in [-0.2, 0) is 4.74 Å². The van der Waals surface area contributed by atoms with Crippen molar-refractivity contribution in [2.75, 3.05) is 13.2 Å². The molecule has 102 valence electrons. The summed E-state index contributed by atoms with van der Waals surface area (Å²) in [4.78, 5) is 0. The first-order valence-electron chi connectivity index (χ1n) is 6.38. The van der Waals surface area contributed by atoms with Crippen molar-refractivity contribution in [2.24, 2.45) is 0 Å². The van der Waals surface area contributed by atoms with E-state index in [0.29, 0.717) is 19.4 Å². The Morgan fingerprint density at radius 1 is 1.29 bits per heavy atom. The standard InChI is InChI=1S/C12H22F3NO/c1-3-5-10-9-11(6-8-17-10,12(13,14)15)16-7-4-2/h10,16H,3-9H2,1-2H3. The lowest BCUT2D eigenvalue weighted by atomic mass is 9.84. The van der Waals surface area contributed by atoms with Crippen molar-refractivity contribution in [3.05, 3.63) is 0 Å². The van der Waals surface area contributed by atoms with Crippen LogP contribution in [0.1, 0.15) is 46.0 Å². The Balaban J connectivity index is 2.75. The second-order valence-electron chi connectivity index (χ2n) is 4.74. The van der Waals surface area contributed by atoms with Crippen LogP contribution in [-0.4, -0.2) is 31.0 Å². The van der Waals surface area contributed by atoms with Crippen molar-refractivity contribution >= 4 is 0 Å². The molecule has 0 aliphatic carbocycles. The zero-order chi connectivity index (χ0) is 12.9. The van der Waals surface area contributed by atoms with Gasteiger partial charge >= 0.3 is 6.18 Å². The van der Waals surface area contributed by atoms with Gasteiger partial charge in [-0.25, -0.2) is 0 Å². The maximum Gasteiger partial charge on any atom is 0.406 e. The van der Waals surface area contributed by atoms with Gasteiger partial charge in [-0.1, -0.05) is 20.3 Å². The summed E-state index contributed by atoms with van der Waals surface area (Å²) in [6, 6.07) is 0. The maximum absolute atomic E-state index is 13.2. The second kappa shape index (κ2) is 6.05. The first-order chi connectivity index (χ1) is 7.95. The highest BCUT2D eigenvalue weighted by Gasteiger charge is 2.56. The highest BCUT2D eigenvalue weighted by molar-refractivity contribution is 4.99. The third kappa shape index (κ3) is 3.58. The minimum absolute atomic E-state index is 0.0245. The number of ether oxygens (including phenoxy) is 1. The van der Waals surface area contributed by atoms with E-state index in [-0.39, 0.29) is 25.6 Å². The molecule has 5 heteroatoms. The van der Waals surface area contributed by atoms with Gasteiger partial charge in [-0.05, 0) is 25.8 Å². The fraction of sp³-hybridized carbons (Fsp3) is 1.00. The van der Waals surface area contributed by atoms with E-state index in [1.54, 1.807) is 0 Å². The van der Waals surface area contributed by atoms with Crippen LogP contribution in [0.5, 0.6) is 0 Å². The van der Waals surface area contributed by atoms with Gasteiger partial charge in [0.2, 0.25) is 0 Å². The van der Waals surface area contributed by atoms with Gasteiger partial charge in [-0.3, -0.25) is 0 Å². The van der Waals surface area contributed by atoms with E-state index >= 15 is 0 Å². The smallest absolute Gasteiger partial charge is 0.378 e. The fourth-order valence-electron chi connectivity index (χ4n) is 2.34. The summed E-state index contributed by atoms with van der Waals surface area (Å²) in [5.74, 6) is 0. The highest BCUT2D eigenvalue weighted by atomic mass is 19.4. The molecule has 2 unspecified atom stereocenters. The summed E-state index contributed by atoms with van der Waals surface area (Å²) in [6.45, 7) is 4.44. The molecule has 0 bridgehead atoms. The summed E-state index contributed by atoms with van der Waals surface area (Å²) >= 11 is 0. The van der Waals surface area contributed by atoms with E-state index in [4.69, 9.17) is 4.74 Å². The first-order valence-corrected chi connectivity index (χ1v) is 6.38. The summed E-state index contributed by atoms with van der Waals surface area (Å²) < 4.78 is 45.1. The Hall–Kier alpha value is -0.290. The molecule has 2 nitrogen and oxygen atoms in total. The van der Waals surface area contributed by atoms with E-state index in [1.807, 2.05) is 13.8 Å². The predicted molar refractivity (Wildman–Crippen MR) is 61.0 cm³/mol. The molecule has 0 amide bonds. The zero-order valence-electron chi connectivity index (χ0n) is 10.6. The van der Waals surface area contributed by atoms with E-state index in [2.05, 4.69) is 5.32 Å². The van der Waals surface area contributed by atoms with Gasteiger partial charge in [0.1, 0.15) is 5.54 Å². The summed E-state index contributed by atoms with van der Waals surface area (Å²) in [7, 11) is 0. The molecule has 17 heavy (non-hydrogen) atoms. The van der Waals surface area contributed by atoms with Crippen LogP contribution in [0.2, 0.25) is 0 Å². The highest BCUT2D eigenvalue weighted by Crippen LogP contribution is 2.40. The van der Waals surface area contributed by atoms with E-state index in [9.17, 15) is 13.2 Å². The van der Waals surface area contributed by atoms with Crippen LogP contribution < -0.4 is 5.32 Å². The molecule has 1 aliphatic rings. The van der Waals surface area contributed by atoms with Crippen molar-refractivity contribution in [1.29, 1.82) is 0 Å². The molecular formula is C12H22F3NO. The van der Waals surface area contributed by atoms with Crippen LogP contribution in [0.15, 0.2) is 0 Å². The largest absolute Gasteiger partial charge is 0.406 e. The van der Waals surface area contributed by atoms with Crippen LogP contribution in [0.25, 0.3) is 0 Å². The van der Waals surface area contributed by atoms with E-state index in [0.717, 1.165) is 6.42 Å². The number of nitrogens with one attached hydrogen (secondary N) is 1. The number of alkyl halides is 3. The Morgan fingerprint density at radius 2 is 2.00 bits per heavy atom. The Kier molecular flexibility index (Phi) is 5.25. The van der Waals surface area contributed by atoms with Crippen LogP contribution in [0.3, 0.4) is 0 Å². The monoisotopic (exact) mass is 253 g/mol. The first kappa shape index (κ1) is 14.8. The summed E-state index contributed by atoms with van der Waals surface area (Å²) in [5, 5.41) is 2.71. The Bertz CT molecular complexity index is 230. The molecule has 0 radical (unpaired) electrons. The molecule has 1 heterocycles. The van der Waals surface area contributed by atoms with Gasteiger partial charge in [0.05, 0.1) is 6.10 Å². The predicted octanol–water partition coefficient (Wildman–Crippen LogP) is 3.27. The van der Waals surface area contributed by atoms with Crippen molar-refractivity contribution < 1.29 is 17.9 Å². The minimum Gasteiger partial charge on any atom is -0.378 e. The molecule has 1 N–H and O–H groups in total. The Morgan fingerprint density at radius 3 is 2.53 bits per heavy atom. The molecule has 2 atom stereocenters. The maximum atomic E-state index is 13.2. The summed E-state index contributed by atoms with van der Waals surface area (Å²) in [5.41, 5.74) is -1.74. The second-order valence-corrected chi connectivity index (χ2v) is 4.74. The summed E-state index contributed by atoms with van der Waals surface area (Å²) in [6.07, 6.45) is -2.13. The number of hydrogen-bond acceptors (Lipinski definition) is 2. The van der Waals surface area contributed by atoms with Crippen molar-refractivity contribution in [1.82, 2.24) is 5.32 Å². The molecule has 1 saturated heterocycles. The van der Waals surface area contributed by atoms with E-state index < -0.39 is 11.7 Å². The molecule has 0 aromatic rings. The SMILES string of the molecule is CCCNC1(C(F)(F)F)CCOC(CCC)C1. The third-order valence-corrected chi connectivity index (χ3v) is 3.33. The Labute approximate surface area is 101 Å². The lowest BCUT2D eigenvalue weighted by Crippen LogP contribution is -2.61. The molecule has 0 aromatic heterocycles.